The third-order valence-electron chi connectivity index (χ3n) is 7.12. The van der Waals surface area contributed by atoms with Crippen LogP contribution in [-0.2, 0) is 25.6 Å². The molecule has 1 aromatic carbocycles. The van der Waals surface area contributed by atoms with Gasteiger partial charge >= 0.3 is 18.2 Å². The number of carbonyl (C=O) groups is 3. The van der Waals surface area contributed by atoms with Crippen LogP contribution in [-0.4, -0.2) is 88.4 Å². The van der Waals surface area contributed by atoms with Crippen LogP contribution in [0.3, 0.4) is 0 Å². The molecule has 2 amide bonds. The van der Waals surface area contributed by atoms with E-state index in [1.54, 1.807) is 9.80 Å². The number of esters is 1. The molecule has 4 rings (SSSR count). The predicted molar refractivity (Wildman–Crippen MR) is 133 cm³/mol. The van der Waals surface area contributed by atoms with Crippen molar-refractivity contribution in [3.8, 4) is 0 Å². The SMILES string of the molecule is CC(C)(C)OC(=O)N1CCC(N2CCN(C(=O)OCc3ccccc3)C3(C2)CC(C)(C)OC3=O)CC1. The Morgan fingerprint density at radius 3 is 2.28 bits per heavy atom. The van der Waals surface area contributed by atoms with Crippen LogP contribution in [0.1, 0.15) is 59.4 Å². The van der Waals surface area contributed by atoms with E-state index in [4.69, 9.17) is 14.2 Å². The molecule has 1 unspecified atom stereocenters. The molecule has 1 spiro atoms. The van der Waals surface area contributed by atoms with E-state index in [1.807, 2.05) is 65.0 Å². The van der Waals surface area contributed by atoms with Gasteiger partial charge in [-0.15, -0.1) is 0 Å². The van der Waals surface area contributed by atoms with Crippen LogP contribution in [0.4, 0.5) is 9.59 Å². The van der Waals surface area contributed by atoms with Gasteiger partial charge < -0.3 is 19.1 Å². The largest absolute Gasteiger partial charge is 0.458 e. The van der Waals surface area contributed by atoms with Crippen molar-refractivity contribution in [2.24, 2.45) is 0 Å². The first kappa shape index (κ1) is 26.3. The lowest BCUT2D eigenvalue weighted by atomic mass is 9.85. The summed E-state index contributed by atoms with van der Waals surface area (Å²) in [5, 5.41) is 0. The Morgan fingerprint density at radius 2 is 1.69 bits per heavy atom. The van der Waals surface area contributed by atoms with Crippen molar-refractivity contribution in [1.82, 2.24) is 14.7 Å². The van der Waals surface area contributed by atoms with E-state index in [-0.39, 0.29) is 24.7 Å². The van der Waals surface area contributed by atoms with Crippen LogP contribution < -0.4 is 0 Å². The summed E-state index contributed by atoms with van der Waals surface area (Å²) in [6.45, 7) is 12.1. The zero-order valence-electron chi connectivity index (χ0n) is 22.1. The Hall–Kier alpha value is -2.81. The van der Waals surface area contributed by atoms with E-state index >= 15 is 0 Å². The van der Waals surface area contributed by atoms with Gasteiger partial charge in [-0.1, -0.05) is 30.3 Å². The molecule has 0 N–H and O–H groups in total. The molecule has 3 fully saturated rings. The van der Waals surface area contributed by atoms with Crippen LogP contribution >= 0.6 is 0 Å². The first-order valence-corrected chi connectivity index (χ1v) is 12.8. The summed E-state index contributed by atoms with van der Waals surface area (Å²) in [4.78, 5) is 44.6. The summed E-state index contributed by atoms with van der Waals surface area (Å²) in [6.07, 6.45) is 1.20. The maximum absolute atomic E-state index is 13.3. The van der Waals surface area contributed by atoms with Gasteiger partial charge in [-0.2, -0.15) is 0 Å². The average Bonchev–Trinajstić information content (AvgIpc) is 3.04. The number of nitrogens with zero attached hydrogens (tertiary/aromatic N) is 3. The lowest BCUT2D eigenvalue weighted by Gasteiger charge is -2.49. The average molecular weight is 502 g/mol. The fraction of sp³-hybridized carbons (Fsp3) is 0.667. The molecule has 1 atom stereocenters. The number of hydrogen-bond acceptors (Lipinski definition) is 7. The molecule has 0 aliphatic carbocycles. The first-order valence-electron chi connectivity index (χ1n) is 12.8. The Kier molecular flexibility index (Phi) is 7.23. The van der Waals surface area contributed by atoms with Gasteiger partial charge in [-0.05, 0) is 53.0 Å². The monoisotopic (exact) mass is 501 g/mol. The predicted octanol–water partition coefficient (Wildman–Crippen LogP) is 3.80. The molecule has 3 heterocycles. The minimum atomic E-state index is -1.09. The van der Waals surface area contributed by atoms with Crippen LogP contribution in [0.5, 0.6) is 0 Å². The number of piperidine rings is 1. The fourth-order valence-electron chi connectivity index (χ4n) is 5.54. The molecule has 9 heteroatoms. The molecule has 3 saturated heterocycles. The van der Waals surface area contributed by atoms with Crippen molar-refractivity contribution in [2.45, 2.75) is 83.3 Å². The summed E-state index contributed by atoms with van der Waals surface area (Å²) in [7, 11) is 0. The van der Waals surface area contributed by atoms with E-state index in [1.165, 1.54) is 0 Å². The molecular weight excluding hydrogens is 462 g/mol. The smallest absolute Gasteiger partial charge is 0.411 e. The molecule has 1 aromatic rings. The topological polar surface area (TPSA) is 88.6 Å². The second kappa shape index (κ2) is 9.92. The minimum absolute atomic E-state index is 0.150. The Balaban J connectivity index is 1.43. The van der Waals surface area contributed by atoms with E-state index in [0.29, 0.717) is 39.1 Å². The second-order valence-electron chi connectivity index (χ2n) is 11.7. The van der Waals surface area contributed by atoms with Crippen molar-refractivity contribution in [2.75, 3.05) is 32.7 Å². The van der Waals surface area contributed by atoms with Crippen LogP contribution in [0.25, 0.3) is 0 Å². The lowest BCUT2D eigenvalue weighted by molar-refractivity contribution is -0.156. The third-order valence-corrected chi connectivity index (χ3v) is 7.12. The summed E-state index contributed by atoms with van der Waals surface area (Å²) in [6, 6.07) is 9.71. The maximum atomic E-state index is 13.3. The van der Waals surface area contributed by atoms with E-state index in [9.17, 15) is 14.4 Å². The third kappa shape index (κ3) is 5.77. The fourth-order valence-corrected chi connectivity index (χ4v) is 5.54. The number of cyclic esters (lactones) is 1. The van der Waals surface area contributed by atoms with Gasteiger partial charge in [-0.25, -0.2) is 14.4 Å². The van der Waals surface area contributed by atoms with E-state index in [2.05, 4.69) is 4.90 Å². The highest BCUT2D eigenvalue weighted by Crippen LogP contribution is 2.41. The van der Waals surface area contributed by atoms with Crippen LogP contribution in [0.2, 0.25) is 0 Å². The number of hydrogen-bond donors (Lipinski definition) is 0. The van der Waals surface area contributed by atoms with Crippen LogP contribution in [0, 0.1) is 0 Å². The summed E-state index contributed by atoms with van der Waals surface area (Å²) in [5.74, 6) is -0.375. The highest BCUT2D eigenvalue weighted by Gasteiger charge is 2.60. The zero-order valence-corrected chi connectivity index (χ0v) is 22.1. The Morgan fingerprint density at radius 1 is 1.03 bits per heavy atom. The van der Waals surface area contributed by atoms with Crippen molar-refractivity contribution >= 4 is 18.2 Å². The van der Waals surface area contributed by atoms with Gasteiger partial charge in [0.15, 0.2) is 5.54 Å². The molecule has 3 aliphatic heterocycles. The quantitative estimate of drug-likeness (QED) is 0.460. The van der Waals surface area contributed by atoms with Gasteiger partial charge in [0.25, 0.3) is 0 Å². The highest BCUT2D eigenvalue weighted by atomic mass is 16.6. The normalized spacial score (nSPS) is 25.1. The second-order valence-corrected chi connectivity index (χ2v) is 11.7. The van der Waals surface area contributed by atoms with Crippen molar-refractivity contribution in [3.05, 3.63) is 35.9 Å². The molecule has 0 saturated carbocycles. The molecular formula is C27H39N3O6. The number of likely N-dealkylation sites (tertiary alicyclic amines) is 1. The lowest BCUT2D eigenvalue weighted by Crippen LogP contribution is -2.68. The highest BCUT2D eigenvalue weighted by molar-refractivity contribution is 5.88. The Labute approximate surface area is 213 Å². The number of piperazine rings is 1. The summed E-state index contributed by atoms with van der Waals surface area (Å²) < 4.78 is 16.9. The number of ether oxygens (including phenoxy) is 3. The van der Waals surface area contributed by atoms with Crippen LogP contribution in [0.15, 0.2) is 30.3 Å². The molecule has 198 valence electrons. The van der Waals surface area contributed by atoms with Crippen molar-refractivity contribution in [3.63, 3.8) is 0 Å². The van der Waals surface area contributed by atoms with E-state index in [0.717, 1.165) is 18.4 Å². The molecule has 9 nitrogen and oxygen atoms in total. The Bertz CT molecular complexity index is 967. The zero-order chi connectivity index (χ0) is 26.1. The number of benzene rings is 1. The molecule has 0 aromatic heterocycles. The standard InChI is InChI=1S/C27H39N3O6/c1-25(2,3)36-23(32)28-13-11-21(12-14-28)29-15-16-30(24(33)34-17-20-9-7-6-8-10-20)27(19-29)18-26(4,5)35-22(27)31/h6-10,21H,11-19H2,1-5H3. The minimum Gasteiger partial charge on any atom is -0.458 e. The van der Waals surface area contributed by atoms with E-state index < -0.39 is 22.8 Å². The van der Waals surface area contributed by atoms with Gasteiger partial charge in [0.1, 0.15) is 17.8 Å². The van der Waals surface area contributed by atoms with Crippen molar-refractivity contribution in [1.29, 1.82) is 0 Å². The van der Waals surface area contributed by atoms with Gasteiger partial charge in [0.05, 0.1) is 0 Å². The molecule has 36 heavy (non-hydrogen) atoms. The maximum Gasteiger partial charge on any atom is 0.411 e. The molecule has 3 aliphatic rings. The summed E-state index contributed by atoms with van der Waals surface area (Å²) in [5.41, 5.74) is -1.39. The molecule has 0 radical (unpaired) electrons. The van der Waals surface area contributed by atoms with Crippen molar-refractivity contribution < 1.29 is 28.6 Å². The molecule has 0 bridgehead atoms. The van der Waals surface area contributed by atoms with Gasteiger partial charge in [-0.3, -0.25) is 9.80 Å². The number of carbonyl (C=O) groups excluding carboxylic acids is 3. The number of rotatable bonds is 3. The summed E-state index contributed by atoms with van der Waals surface area (Å²) >= 11 is 0. The number of amides is 2. The van der Waals surface area contributed by atoms with Gasteiger partial charge in [0.2, 0.25) is 0 Å². The van der Waals surface area contributed by atoms with Gasteiger partial charge in [0, 0.05) is 45.2 Å². The first-order chi connectivity index (χ1) is 16.9.